The van der Waals surface area contributed by atoms with Crippen LogP contribution in [0.15, 0.2) is 0 Å². The molecular formula is C13H24FNO. The topological polar surface area (TPSA) is 12.5 Å². The van der Waals surface area contributed by atoms with E-state index in [9.17, 15) is 4.39 Å². The largest absolute Gasteiger partial charge is 0.376 e. The zero-order chi connectivity index (χ0) is 11.5. The molecule has 2 heterocycles. The number of nitrogens with zero attached hydrogens (tertiary/aromatic N) is 1. The van der Waals surface area contributed by atoms with Gasteiger partial charge in [0.15, 0.2) is 0 Å². The fraction of sp³-hybridized carbons (Fsp3) is 1.00. The van der Waals surface area contributed by atoms with Crippen LogP contribution in [0.3, 0.4) is 0 Å². The van der Waals surface area contributed by atoms with Gasteiger partial charge in [-0.2, -0.15) is 0 Å². The Morgan fingerprint density at radius 2 is 1.88 bits per heavy atom. The maximum atomic E-state index is 13.5. The first-order chi connectivity index (χ1) is 7.66. The molecule has 0 radical (unpaired) electrons. The fourth-order valence-corrected chi connectivity index (χ4v) is 2.70. The van der Waals surface area contributed by atoms with Gasteiger partial charge in [-0.25, -0.2) is 4.39 Å². The van der Waals surface area contributed by atoms with E-state index in [1.54, 1.807) is 0 Å². The minimum absolute atomic E-state index is 0.0631. The third-order valence-electron chi connectivity index (χ3n) is 4.20. The lowest BCUT2D eigenvalue weighted by molar-refractivity contribution is -0.0749. The second kappa shape index (κ2) is 5.46. The van der Waals surface area contributed by atoms with Gasteiger partial charge in [-0.15, -0.1) is 0 Å². The molecule has 94 valence electrons. The highest BCUT2D eigenvalue weighted by atomic mass is 19.1. The summed E-state index contributed by atoms with van der Waals surface area (Å²) in [7, 11) is 0. The summed E-state index contributed by atoms with van der Waals surface area (Å²) in [5.41, 5.74) is 0. The Kier molecular flexibility index (Phi) is 4.20. The second-order valence-corrected chi connectivity index (χ2v) is 5.56. The van der Waals surface area contributed by atoms with E-state index in [0.29, 0.717) is 13.0 Å². The van der Waals surface area contributed by atoms with Crippen molar-refractivity contribution in [2.45, 2.75) is 45.4 Å². The first-order valence-corrected chi connectivity index (χ1v) is 6.65. The lowest BCUT2D eigenvalue weighted by atomic mass is 9.92. The van der Waals surface area contributed by atoms with Crippen molar-refractivity contribution in [2.24, 2.45) is 11.8 Å². The molecule has 2 nitrogen and oxygen atoms in total. The first-order valence-electron chi connectivity index (χ1n) is 6.65. The number of hydrogen-bond donors (Lipinski definition) is 0. The quantitative estimate of drug-likeness (QED) is 0.721. The Morgan fingerprint density at radius 3 is 2.56 bits per heavy atom. The summed E-state index contributed by atoms with van der Waals surface area (Å²) in [6, 6.07) is 0. The maximum absolute atomic E-state index is 13.5. The number of rotatable bonds is 2. The molecular weight excluding hydrogens is 205 g/mol. The fourth-order valence-electron chi connectivity index (χ4n) is 2.70. The summed E-state index contributed by atoms with van der Waals surface area (Å²) in [4.78, 5) is 2.44. The Hall–Kier alpha value is -0.150. The number of halogens is 1. The predicted octanol–water partition coefficient (Wildman–Crippen LogP) is 2.48. The summed E-state index contributed by atoms with van der Waals surface area (Å²) in [6.45, 7) is 8.14. The second-order valence-electron chi connectivity index (χ2n) is 5.56. The zero-order valence-corrected chi connectivity index (χ0v) is 10.5. The molecule has 0 saturated carbocycles. The molecule has 1 unspecified atom stereocenters. The van der Waals surface area contributed by atoms with E-state index in [0.717, 1.165) is 25.6 Å². The summed E-state index contributed by atoms with van der Waals surface area (Å²) in [5, 5.41) is 0. The number of ether oxygens (including phenoxy) is 1. The van der Waals surface area contributed by atoms with Crippen molar-refractivity contribution in [3.8, 4) is 0 Å². The number of likely N-dealkylation sites (tertiary alicyclic amines) is 1. The van der Waals surface area contributed by atoms with Gasteiger partial charge in [-0.3, -0.25) is 0 Å². The molecule has 0 aromatic rings. The van der Waals surface area contributed by atoms with Crippen LogP contribution in [0, 0.1) is 11.8 Å². The van der Waals surface area contributed by atoms with Crippen molar-refractivity contribution in [3.63, 3.8) is 0 Å². The summed E-state index contributed by atoms with van der Waals surface area (Å²) in [6.07, 6.45) is 2.58. The van der Waals surface area contributed by atoms with Gasteiger partial charge in [0.2, 0.25) is 0 Å². The molecule has 2 fully saturated rings. The van der Waals surface area contributed by atoms with Crippen molar-refractivity contribution >= 4 is 0 Å². The number of hydrogen-bond acceptors (Lipinski definition) is 2. The highest BCUT2D eigenvalue weighted by Gasteiger charge is 2.32. The van der Waals surface area contributed by atoms with Crippen LogP contribution in [0.25, 0.3) is 0 Å². The van der Waals surface area contributed by atoms with Crippen LogP contribution in [0.4, 0.5) is 4.39 Å². The molecule has 2 saturated heterocycles. The lowest BCUT2D eigenvalue weighted by Crippen LogP contribution is -2.46. The Bertz CT molecular complexity index is 216. The molecule has 0 spiro atoms. The van der Waals surface area contributed by atoms with Crippen LogP contribution in [0.2, 0.25) is 0 Å². The Labute approximate surface area is 98.1 Å². The Balaban J connectivity index is 1.80. The SMILES string of the molecule is CC1CCN(C[C@@H]2OCCC(F)[C@H]2C)CC1. The molecule has 16 heavy (non-hydrogen) atoms. The third kappa shape index (κ3) is 2.95. The molecule has 0 aliphatic carbocycles. The van der Waals surface area contributed by atoms with E-state index >= 15 is 0 Å². The average molecular weight is 229 g/mol. The van der Waals surface area contributed by atoms with E-state index in [1.165, 1.54) is 12.8 Å². The maximum Gasteiger partial charge on any atom is 0.107 e. The molecule has 3 heteroatoms. The smallest absolute Gasteiger partial charge is 0.107 e. The van der Waals surface area contributed by atoms with Crippen molar-refractivity contribution in [1.29, 1.82) is 0 Å². The van der Waals surface area contributed by atoms with Crippen molar-refractivity contribution in [2.75, 3.05) is 26.2 Å². The van der Waals surface area contributed by atoms with Gasteiger partial charge >= 0.3 is 0 Å². The van der Waals surface area contributed by atoms with Crippen molar-refractivity contribution < 1.29 is 9.13 Å². The minimum Gasteiger partial charge on any atom is -0.376 e. The van der Waals surface area contributed by atoms with Gasteiger partial charge in [0.05, 0.1) is 6.10 Å². The summed E-state index contributed by atoms with van der Waals surface area (Å²) >= 11 is 0. The third-order valence-corrected chi connectivity index (χ3v) is 4.20. The first kappa shape index (κ1) is 12.3. The molecule has 0 bridgehead atoms. The van der Waals surface area contributed by atoms with Gasteiger partial charge in [0.25, 0.3) is 0 Å². The van der Waals surface area contributed by atoms with Crippen molar-refractivity contribution in [1.82, 2.24) is 4.90 Å². The highest BCUT2D eigenvalue weighted by molar-refractivity contribution is 4.82. The van der Waals surface area contributed by atoms with E-state index < -0.39 is 6.17 Å². The molecule has 0 aromatic heterocycles. The zero-order valence-electron chi connectivity index (χ0n) is 10.5. The van der Waals surface area contributed by atoms with Crippen LogP contribution in [-0.4, -0.2) is 43.4 Å². The van der Waals surface area contributed by atoms with E-state index in [2.05, 4.69) is 11.8 Å². The Morgan fingerprint density at radius 1 is 1.19 bits per heavy atom. The minimum atomic E-state index is -0.664. The van der Waals surface area contributed by atoms with Gasteiger partial charge < -0.3 is 9.64 Å². The average Bonchev–Trinajstić information content (AvgIpc) is 2.28. The van der Waals surface area contributed by atoms with Crippen molar-refractivity contribution in [3.05, 3.63) is 0 Å². The monoisotopic (exact) mass is 229 g/mol. The van der Waals surface area contributed by atoms with Crippen LogP contribution in [0.1, 0.15) is 33.1 Å². The summed E-state index contributed by atoms with van der Waals surface area (Å²) in [5.74, 6) is 0.919. The van der Waals surface area contributed by atoms with Gasteiger partial charge in [-0.05, 0) is 31.8 Å². The predicted molar refractivity (Wildman–Crippen MR) is 63.3 cm³/mol. The molecule has 0 N–H and O–H groups in total. The van der Waals surface area contributed by atoms with E-state index in [1.807, 2.05) is 6.92 Å². The summed E-state index contributed by atoms with van der Waals surface area (Å²) < 4.78 is 19.3. The van der Waals surface area contributed by atoms with Gasteiger partial charge in [0.1, 0.15) is 6.17 Å². The molecule has 0 aromatic carbocycles. The van der Waals surface area contributed by atoms with E-state index in [4.69, 9.17) is 4.74 Å². The van der Waals surface area contributed by atoms with Crippen LogP contribution in [0.5, 0.6) is 0 Å². The van der Waals surface area contributed by atoms with Crippen LogP contribution < -0.4 is 0 Å². The van der Waals surface area contributed by atoms with Gasteiger partial charge in [-0.1, -0.05) is 13.8 Å². The van der Waals surface area contributed by atoms with Crippen LogP contribution >= 0.6 is 0 Å². The molecule has 2 rings (SSSR count). The standard InChI is InChI=1S/C13H24FNO/c1-10-3-6-15(7-4-10)9-13-11(2)12(14)5-8-16-13/h10-13H,3-9H2,1-2H3/t11-,12?,13+/m1/s1. The molecule has 0 amide bonds. The molecule has 2 aliphatic rings. The lowest BCUT2D eigenvalue weighted by Gasteiger charge is -2.38. The highest BCUT2D eigenvalue weighted by Crippen LogP contribution is 2.25. The van der Waals surface area contributed by atoms with Gasteiger partial charge in [0, 0.05) is 25.5 Å². The number of alkyl halides is 1. The normalized spacial score (nSPS) is 38.8. The van der Waals surface area contributed by atoms with Crippen LogP contribution in [-0.2, 0) is 4.74 Å². The molecule has 2 aliphatic heterocycles. The molecule has 3 atom stereocenters. The number of piperidine rings is 1. The van der Waals surface area contributed by atoms with E-state index in [-0.39, 0.29) is 12.0 Å².